The average Bonchev–Trinajstić information content (AvgIpc) is 3.83. The van der Waals surface area contributed by atoms with E-state index in [-0.39, 0.29) is 0 Å². The maximum atomic E-state index is 7.32. The van der Waals surface area contributed by atoms with Crippen molar-refractivity contribution >= 4 is 39.0 Å². The molecule has 14 rings (SSSR count). The smallest absolute Gasteiger partial charge is 0.167 e. The van der Waals surface area contributed by atoms with E-state index in [1.165, 1.54) is 0 Å². The topological polar surface area (TPSA) is 64.3 Å². The van der Waals surface area contributed by atoms with Gasteiger partial charge in [0.1, 0.15) is 17.1 Å². The quantitative estimate of drug-likeness (QED) is 0.166. The van der Waals surface area contributed by atoms with E-state index in [0.29, 0.717) is 23.1 Å². The number of furan rings is 1. The van der Waals surface area contributed by atoms with Crippen LogP contribution in [-0.2, 0) is 5.41 Å². The van der Waals surface area contributed by atoms with Crippen LogP contribution < -0.4 is 9.64 Å². The fourth-order valence-corrected chi connectivity index (χ4v) is 10.9. The third-order valence-corrected chi connectivity index (χ3v) is 14.0. The van der Waals surface area contributed by atoms with Crippen molar-refractivity contribution in [2.75, 3.05) is 4.90 Å². The minimum atomic E-state index is -0.789. The molecule has 6 heteroatoms. The second-order valence-electron chi connectivity index (χ2n) is 17.9. The Labute approximate surface area is 404 Å². The predicted molar refractivity (Wildman–Crippen MR) is 281 cm³/mol. The second-order valence-corrected chi connectivity index (χ2v) is 17.9. The van der Waals surface area contributed by atoms with Gasteiger partial charge < -0.3 is 14.1 Å². The Hall–Kier alpha value is -9.39. The van der Waals surface area contributed by atoms with E-state index >= 15 is 0 Å². The first-order chi connectivity index (χ1) is 34.7. The van der Waals surface area contributed by atoms with E-state index in [2.05, 4.69) is 187 Å². The molecule has 2 aromatic heterocycles. The number of benzene rings is 10. The van der Waals surface area contributed by atoms with Crippen molar-refractivity contribution in [2.24, 2.45) is 0 Å². The molecule has 0 radical (unpaired) electrons. The zero-order valence-corrected chi connectivity index (χ0v) is 37.7. The van der Waals surface area contributed by atoms with E-state index in [1.54, 1.807) is 0 Å². The molecule has 0 unspecified atom stereocenters. The first-order valence-corrected chi connectivity index (χ1v) is 23.6. The summed E-state index contributed by atoms with van der Waals surface area (Å²) < 4.78 is 14.2. The number of hydrogen-bond donors (Lipinski definition) is 0. The molecule has 0 saturated heterocycles. The number of nitrogens with zero attached hydrogens (tertiary/aromatic N) is 4. The van der Waals surface area contributed by atoms with Crippen LogP contribution >= 0.6 is 0 Å². The maximum absolute atomic E-state index is 7.32. The van der Waals surface area contributed by atoms with Gasteiger partial charge in [0, 0.05) is 33.0 Å². The van der Waals surface area contributed by atoms with Crippen molar-refractivity contribution < 1.29 is 9.15 Å². The highest BCUT2D eigenvalue weighted by Gasteiger charge is 2.51. The highest BCUT2D eigenvalue weighted by atomic mass is 16.5. The lowest BCUT2D eigenvalue weighted by Crippen LogP contribution is -2.39. The van der Waals surface area contributed by atoms with Crippen molar-refractivity contribution in [1.29, 1.82) is 0 Å². The third kappa shape index (κ3) is 6.10. The summed E-state index contributed by atoms with van der Waals surface area (Å²) in [7, 11) is 0. The molecular weight excluding hydrogens is 857 g/mol. The Bertz CT molecular complexity index is 3790. The van der Waals surface area contributed by atoms with Crippen molar-refractivity contribution in [3.05, 3.63) is 265 Å². The number of fused-ring (bicyclic) bond motifs is 11. The number of ether oxygens (including phenoxy) is 1. The van der Waals surface area contributed by atoms with Crippen LogP contribution in [0.15, 0.2) is 247 Å². The van der Waals surface area contributed by atoms with Gasteiger partial charge in [0.05, 0.1) is 28.0 Å². The Kier molecular flexibility index (Phi) is 9.01. The van der Waals surface area contributed by atoms with Gasteiger partial charge in [-0.3, -0.25) is 0 Å². The van der Waals surface area contributed by atoms with Gasteiger partial charge >= 0.3 is 0 Å². The number of rotatable bonds is 6. The highest BCUT2D eigenvalue weighted by Crippen LogP contribution is 2.64. The lowest BCUT2D eigenvalue weighted by molar-refractivity contribution is 0.434. The molecule has 0 amide bonds. The Morgan fingerprint density at radius 1 is 0.314 bits per heavy atom. The van der Waals surface area contributed by atoms with Gasteiger partial charge in [-0.1, -0.05) is 194 Å². The molecule has 0 saturated carbocycles. The number of anilines is 3. The van der Waals surface area contributed by atoms with E-state index in [4.69, 9.17) is 24.1 Å². The van der Waals surface area contributed by atoms with Crippen LogP contribution in [0.3, 0.4) is 0 Å². The van der Waals surface area contributed by atoms with E-state index < -0.39 is 5.41 Å². The van der Waals surface area contributed by atoms with Gasteiger partial charge in [-0.2, -0.15) is 0 Å². The Balaban J connectivity index is 1.05. The molecule has 70 heavy (non-hydrogen) atoms. The largest absolute Gasteiger partial charge is 0.457 e. The summed E-state index contributed by atoms with van der Waals surface area (Å²) in [5.41, 5.74) is 15.2. The lowest BCUT2D eigenvalue weighted by Gasteiger charge is -2.49. The van der Waals surface area contributed by atoms with E-state index in [9.17, 15) is 0 Å². The zero-order valence-electron chi connectivity index (χ0n) is 37.7. The number of para-hydroxylation sites is 4. The Morgan fingerprint density at radius 3 is 1.29 bits per heavy atom. The van der Waals surface area contributed by atoms with Crippen LogP contribution in [0.4, 0.5) is 17.1 Å². The van der Waals surface area contributed by atoms with Crippen LogP contribution in [0.1, 0.15) is 22.3 Å². The van der Waals surface area contributed by atoms with Gasteiger partial charge in [0.2, 0.25) is 0 Å². The Morgan fingerprint density at radius 2 is 0.757 bits per heavy atom. The molecule has 12 aromatic rings. The predicted octanol–water partition coefficient (Wildman–Crippen LogP) is 16.4. The third-order valence-electron chi connectivity index (χ3n) is 14.0. The second kappa shape index (κ2) is 15.9. The van der Waals surface area contributed by atoms with E-state index in [1.807, 2.05) is 60.7 Å². The summed E-state index contributed by atoms with van der Waals surface area (Å²) in [6.07, 6.45) is 0. The summed E-state index contributed by atoms with van der Waals surface area (Å²) in [6, 6.07) is 85.2. The van der Waals surface area contributed by atoms with Gasteiger partial charge in [0.25, 0.3) is 0 Å². The monoisotopic (exact) mass is 896 g/mol. The molecule has 4 heterocycles. The fraction of sp³-hybridized carbons (Fsp3) is 0.0156. The molecule has 2 aliphatic rings. The van der Waals surface area contributed by atoms with Crippen molar-refractivity contribution in [3.8, 4) is 67.9 Å². The number of aromatic nitrogens is 3. The van der Waals surface area contributed by atoms with Crippen LogP contribution in [0.5, 0.6) is 11.5 Å². The molecule has 6 nitrogen and oxygen atoms in total. The summed E-state index contributed by atoms with van der Waals surface area (Å²) in [5, 5.41) is 1.96. The molecule has 0 fully saturated rings. The molecular formula is C64H40N4O2. The van der Waals surface area contributed by atoms with Crippen LogP contribution in [0.25, 0.3) is 78.4 Å². The first-order valence-electron chi connectivity index (χ1n) is 23.6. The minimum absolute atomic E-state index is 0.535. The van der Waals surface area contributed by atoms with Crippen LogP contribution in [0.2, 0.25) is 0 Å². The van der Waals surface area contributed by atoms with Gasteiger partial charge in [-0.15, -0.1) is 0 Å². The summed E-state index contributed by atoms with van der Waals surface area (Å²) in [4.78, 5) is 17.7. The van der Waals surface area contributed by atoms with Crippen molar-refractivity contribution in [3.63, 3.8) is 0 Å². The molecule has 0 N–H and O–H groups in total. The lowest BCUT2D eigenvalue weighted by atomic mass is 9.60. The van der Waals surface area contributed by atoms with Gasteiger partial charge in [-0.25, -0.2) is 15.0 Å². The zero-order chi connectivity index (χ0) is 46.2. The molecule has 328 valence electrons. The summed E-state index contributed by atoms with van der Waals surface area (Å²) in [5.74, 6) is 3.38. The average molecular weight is 897 g/mol. The van der Waals surface area contributed by atoms with Crippen molar-refractivity contribution in [1.82, 2.24) is 15.0 Å². The molecule has 0 atom stereocenters. The molecule has 2 aliphatic heterocycles. The highest BCUT2D eigenvalue weighted by molar-refractivity contribution is 6.14. The maximum Gasteiger partial charge on any atom is 0.167 e. The normalized spacial score (nSPS) is 13.1. The van der Waals surface area contributed by atoms with Crippen molar-refractivity contribution in [2.45, 2.75) is 5.41 Å². The fourth-order valence-electron chi connectivity index (χ4n) is 10.9. The van der Waals surface area contributed by atoms with Crippen LogP contribution in [0, 0.1) is 0 Å². The SMILES string of the molecule is c1ccc(-c2ccc3c(c2)C2(c4ccccc4Oc4ccccc42)c2cc(-c4ccccc4)ccc2N3c2cccc3c2oc2c(-c4nc(-c5ccccc5)nc(-c5ccccc5)n4)cccc23)cc1. The number of hydrogen-bond acceptors (Lipinski definition) is 6. The standard InChI is InChI=1S/C64H40N4O2/c1-5-19-41(20-6-1)45-35-37-54-52(39-45)64(50-30-13-15-33-57(50)69-58-34-16-14-31-51(58)64)53-40-46(42-21-7-2-8-22-42)36-38-55(53)68(54)56-32-18-28-48-47-27-17-29-49(59(47)70-60(48)56)63-66-61(43-23-9-3-10-24-43)65-62(67-63)44-25-11-4-12-26-44/h1-40H. The van der Waals surface area contributed by atoms with Crippen LogP contribution in [-0.4, -0.2) is 15.0 Å². The molecule has 10 aromatic carbocycles. The molecule has 0 aliphatic carbocycles. The molecule has 0 bridgehead atoms. The minimum Gasteiger partial charge on any atom is -0.457 e. The van der Waals surface area contributed by atoms with Gasteiger partial charge in [-0.05, 0) is 81.9 Å². The summed E-state index contributed by atoms with van der Waals surface area (Å²) >= 11 is 0. The molecule has 1 spiro atoms. The summed E-state index contributed by atoms with van der Waals surface area (Å²) in [6.45, 7) is 0. The first kappa shape index (κ1) is 39.7. The van der Waals surface area contributed by atoms with E-state index in [0.717, 1.165) is 106 Å². The van der Waals surface area contributed by atoms with Gasteiger partial charge in [0.15, 0.2) is 23.1 Å².